The van der Waals surface area contributed by atoms with Crippen molar-refractivity contribution < 1.29 is 9.90 Å². The Kier molecular flexibility index (Phi) is 3.70. The van der Waals surface area contributed by atoms with Crippen LogP contribution in [0, 0.1) is 0 Å². The van der Waals surface area contributed by atoms with Crippen molar-refractivity contribution in [2.75, 3.05) is 0 Å². The molecule has 3 rings (SSSR count). The molecule has 0 saturated heterocycles. The first-order valence-corrected chi connectivity index (χ1v) is 6.87. The Morgan fingerprint density at radius 3 is 2.59 bits per heavy atom. The van der Waals surface area contributed by atoms with Crippen molar-refractivity contribution in [2.45, 2.75) is 12.8 Å². The van der Waals surface area contributed by atoms with E-state index in [9.17, 15) is 9.59 Å². The van der Waals surface area contributed by atoms with Crippen LogP contribution in [0.1, 0.15) is 16.8 Å². The molecule has 2 heterocycles. The summed E-state index contributed by atoms with van der Waals surface area (Å²) in [5, 5.41) is 9.38. The van der Waals surface area contributed by atoms with E-state index in [-0.39, 0.29) is 11.8 Å². The van der Waals surface area contributed by atoms with E-state index in [0.29, 0.717) is 16.6 Å². The lowest BCUT2D eigenvalue weighted by atomic mass is 10.0. The van der Waals surface area contributed by atoms with Crippen LogP contribution in [-0.4, -0.2) is 21.0 Å². The number of benzene rings is 1. The van der Waals surface area contributed by atoms with E-state index in [2.05, 4.69) is 9.97 Å². The van der Waals surface area contributed by atoms with Crippen LogP contribution in [-0.2, 0) is 17.6 Å². The van der Waals surface area contributed by atoms with Crippen LogP contribution < -0.4 is 5.43 Å². The lowest BCUT2D eigenvalue weighted by molar-refractivity contribution is -0.136. The van der Waals surface area contributed by atoms with Crippen molar-refractivity contribution in [3.8, 4) is 0 Å². The third-order valence-electron chi connectivity index (χ3n) is 3.45. The van der Waals surface area contributed by atoms with Gasteiger partial charge in [0.25, 0.3) is 0 Å². The average Bonchev–Trinajstić information content (AvgIpc) is 2.48. The molecular formula is C17H14N2O3. The normalized spacial score (nSPS) is 10.7. The Morgan fingerprint density at radius 1 is 1.09 bits per heavy atom. The van der Waals surface area contributed by atoms with Gasteiger partial charge in [-0.15, -0.1) is 0 Å². The molecule has 1 aromatic carbocycles. The van der Waals surface area contributed by atoms with Crippen LogP contribution in [0.3, 0.4) is 0 Å². The monoisotopic (exact) mass is 294 g/mol. The highest BCUT2D eigenvalue weighted by molar-refractivity contribution is 5.80. The largest absolute Gasteiger partial charge is 0.481 e. The molecule has 2 N–H and O–H groups in total. The topological polar surface area (TPSA) is 83.0 Å². The Morgan fingerprint density at radius 2 is 1.86 bits per heavy atom. The standard InChI is InChI=1S/C17H14N2O3/c20-16-9-13(10-17(21)22)19-15-2-1-12(8-14(15)16)7-11-3-5-18-6-4-11/h1-6,8-9H,7,10H2,(H,19,20)(H,21,22). The van der Waals surface area contributed by atoms with Gasteiger partial charge in [0.15, 0.2) is 5.43 Å². The smallest absolute Gasteiger partial charge is 0.309 e. The Hall–Kier alpha value is -2.95. The maximum absolute atomic E-state index is 12.2. The number of nitrogens with one attached hydrogen (secondary N) is 1. The van der Waals surface area contributed by atoms with Gasteiger partial charge in [-0.05, 0) is 41.8 Å². The summed E-state index contributed by atoms with van der Waals surface area (Å²) in [4.78, 5) is 29.9. The van der Waals surface area contributed by atoms with Crippen LogP contribution in [0.2, 0.25) is 0 Å². The number of pyridine rings is 2. The van der Waals surface area contributed by atoms with E-state index in [1.54, 1.807) is 12.4 Å². The fourth-order valence-corrected chi connectivity index (χ4v) is 2.45. The minimum Gasteiger partial charge on any atom is -0.481 e. The number of fused-ring (bicyclic) bond motifs is 1. The first-order chi connectivity index (χ1) is 10.6. The molecule has 0 radical (unpaired) electrons. The fraction of sp³-hybridized carbons (Fsp3) is 0.118. The maximum atomic E-state index is 12.2. The number of aliphatic carboxylic acids is 1. The summed E-state index contributed by atoms with van der Waals surface area (Å²) in [6, 6.07) is 10.8. The van der Waals surface area contributed by atoms with E-state index in [1.165, 1.54) is 6.07 Å². The summed E-state index contributed by atoms with van der Waals surface area (Å²) in [6.07, 6.45) is 4.00. The summed E-state index contributed by atoms with van der Waals surface area (Å²) in [7, 11) is 0. The van der Waals surface area contributed by atoms with E-state index in [4.69, 9.17) is 5.11 Å². The average molecular weight is 294 g/mol. The molecule has 22 heavy (non-hydrogen) atoms. The molecule has 0 aliphatic rings. The number of nitrogens with zero attached hydrogens (tertiary/aromatic N) is 1. The zero-order valence-corrected chi connectivity index (χ0v) is 11.7. The zero-order chi connectivity index (χ0) is 15.5. The molecule has 5 nitrogen and oxygen atoms in total. The van der Waals surface area contributed by atoms with Gasteiger partial charge >= 0.3 is 5.97 Å². The molecule has 2 aromatic heterocycles. The second kappa shape index (κ2) is 5.81. The molecule has 0 atom stereocenters. The number of rotatable bonds is 4. The Balaban J connectivity index is 1.98. The molecule has 0 aliphatic heterocycles. The zero-order valence-electron chi connectivity index (χ0n) is 11.7. The summed E-state index contributed by atoms with van der Waals surface area (Å²) in [5.41, 5.74) is 3.04. The molecule has 0 saturated carbocycles. The quantitative estimate of drug-likeness (QED) is 0.772. The van der Waals surface area contributed by atoms with E-state index >= 15 is 0 Å². The first kappa shape index (κ1) is 14.0. The van der Waals surface area contributed by atoms with Crippen LogP contribution in [0.4, 0.5) is 0 Å². The van der Waals surface area contributed by atoms with Gasteiger partial charge in [0, 0.05) is 35.1 Å². The van der Waals surface area contributed by atoms with Gasteiger partial charge in [0.05, 0.1) is 6.42 Å². The minimum atomic E-state index is -0.968. The summed E-state index contributed by atoms with van der Waals surface area (Å²) in [6.45, 7) is 0. The van der Waals surface area contributed by atoms with E-state index in [1.807, 2.05) is 30.3 Å². The van der Waals surface area contributed by atoms with Gasteiger partial charge in [-0.1, -0.05) is 6.07 Å². The Bertz CT molecular complexity index is 885. The molecule has 0 aliphatic carbocycles. The number of carbonyl (C=O) groups is 1. The van der Waals surface area contributed by atoms with Gasteiger partial charge < -0.3 is 10.1 Å². The number of carboxylic acid groups (broad SMARTS) is 1. The van der Waals surface area contributed by atoms with Crippen LogP contribution in [0.15, 0.2) is 53.6 Å². The summed E-state index contributed by atoms with van der Waals surface area (Å²) >= 11 is 0. The second-order valence-corrected chi connectivity index (χ2v) is 5.14. The minimum absolute atomic E-state index is 0.165. The van der Waals surface area contributed by atoms with Crippen LogP contribution >= 0.6 is 0 Å². The lowest BCUT2D eigenvalue weighted by Crippen LogP contribution is -2.09. The van der Waals surface area contributed by atoms with Gasteiger partial charge in [-0.3, -0.25) is 14.6 Å². The molecule has 0 amide bonds. The molecule has 0 spiro atoms. The highest BCUT2D eigenvalue weighted by Gasteiger charge is 2.07. The van der Waals surface area contributed by atoms with E-state index in [0.717, 1.165) is 17.5 Å². The van der Waals surface area contributed by atoms with Gasteiger partial charge in [-0.2, -0.15) is 0 Å². The van der Waals surface area contributed by atoms with Gasteiger partial charge in [0.2, 0.25) is 0 Å². The number of hydrogen-bond donors (Lipinski definition) is 2. The summed E-state index contributed by atoms with van der Waals surface area (Å²) < 4.78 is 0. The van der Waals surface area contributed by atoms with E-state index < -0.39 is 5.97 Å². The maximum Gasteiger partial charge on any atom is 0.309 e. The molecule has 3 aromatic rings. The van der Waals surface area contributed by atoms with Crippen LogP contribution in [0.25, 0.3) is 10.9 Å². The number of H-pyrrole nitrogens is 1. The van der Waals surface area contributed by atoms with Gasteiger partial charge in [-0.25, -0.2) is 0 Å². The van der Waals surface area contributed by atoms with Crippen molar-refractivity contribution in [3.05, 3.63) is 75.8 Å². The first-order valence-electron chi connectivity index (χ1n) is 6.87. The number of aromatic amines is 1. The fourth-order valence-electron chi connectivity index (χ4n) is 2.45. The molecule has 0 fully saturated rings. The van der Waals surface area contributed by atoms with Gasteiger partial charge in [0.1, 0.15) is 0 Å². The molecule has 5 heteroatoms. The van der Waals surface area contributed by atoms with Crippen molar-refractivity contribution >= 4 is 16.9 Å². The van der Waals surface area contributed by atoms with Crippen LogP contribution in [0.5, 0.6) is 0 Å². The molecule has 0 bridgehead atoms. The SMILES string of the molecule is O=C(O)Cc1cc(=O)c2cc(Cc3ccncc3)ccc2[nH]1. The predicted octanol–water partition coefficient (Wildman–Crippen LogP) is 2.14. The number of aromatic nitrogens is 2. The molecular weight excluding hydrogens is 280 g/mol. The molecule has 0 unspecified atom stereocenters. The Labute approximate surface area is 126 Å². The third-order valence-corrected chi connectivity index (χ3v) is 3.45. The molecule has 110 valence electrons. The van der Waals surface area contributed by atoms with Crippen molar-refractivity contribution in [3.63, 3.8) is 0 Å². The summed E-state index contributed by atoms with van der Waals surface area (Å²) in [5.74, 6) is -0.968. The second-order valence-electron chi connectivity index (χ2n) is 5.14. The highest BCUT2D eigenvalue weighted by Crippen LogP contribution is 2.15. The van der Waals surface area contributed by atoms with Crippen molar-refractivity contribution in [1.29, 1.82) is 0 Å². The van der Waals surface area contributed by atoms with Crippen molar-refractivity contribution in [2.24, 2.45) is 0 Å². The highest BCUT2D eigenvalue weighted by atomic mass is 16.4. The third kappa shape index (κ3) is 3.03. The predicted molar refractivity (Wildman–Crippen MR) is 83.0 cm³/mol. The lowest BCUT2D eigenvalue weighted by Gasteiger charge is -2.06. The number of hydrogen-bond acceptors (Lipinski definition) is 3. The number of carboxylic acids is 1. The van der Waals surface area contributed by atoms with Crippen molar-refractivity contribution in [1.82, 2.24) is 9.97 Å².